The number of amides is 1. The summed E-state index contributed by atoms with van der Waals surface area (Å²) in [7, 11) is -3.95. The number of hydrogen-bond donors (Lipinski definition) is 0. The third kappa shape index (κ3) is 3.43. The summed E-state index contributed by atoms with van der Waals surface area (Å²) in [6.07, 6.45) is 2.78. The lowest BCUT2D eigenvalue weighted by Crippen LogP contribution is -2.49. The lowest BCUT2D eigenvalue weighted by atomic mass is 9.98. The minimum Gasteiger partial charge on any atom is -0.336 e. The molecule has 2 unspecified atom stereocenters. The van der Waals surface area contributed by atoms with Gasteiger partial charge in [-0.3, -0.25) is 4.79 Å². The van der Waals surface area contributed by atoms with E-state index >= 15 is 0 Å². The molecule has 0 aliphatic carbocycles. The topological polar surface area (TPSA) is 54.5 Å². The Bertz CT molecular complexity index is 620. The summed E-state index contributed by atoms with van der Waals surface area (Å²) in [5, 5.41) is 0. The van der Waals surface area contributed by atoms with Crippen LogP contribution in [0.15, 0.2) is 29.2 Å². The molecule has 0 N–H and O–H groups in total. The molecule has 1 aromatic rings. The molecular weight excluding hydrogens is 293 g/mol. The molecule has 1 aromatic carbocycles. The predicted molar refractivity (Wildman–Crippen MR) is 78.1 cm³/mol. The van der Waals surface area contributed by atoms with Crippen LogP contribution in [0.5, 0.6) is 0 Å². The highest BCUT2D eigenvalue weighted by Gasteiger charge is 2.32. The van der Waals surface area contributed by atoms with E-state index < -0.39 is 32.2 Å². The van der Waals surface area contributed by atoms with Crippen molar-refractivity contribution in [2.75, 3.05) is 5.75 Å². The van der Waals surface area contributed by atoms with Crippen molar-refractivity contribution < 1.29 is 17.6 Å². The molecule has 116 valence electrons. The number of rotatable bonds is 3. The van der Waals surface area contributed by atoms with E-state index in [0.29, 0.717) is 0 Å². The minimum atomic E-state index is -3.95. The maximum Gasteiger partial charge on any atom is 0.238 e. The maximum absolute atomic E-state index is 13.6. The summed E-state index contributed by atoms with van der Waals surface area (Å²) >= 11 is 0. The molecule has 0 aromatic heterocycles. The van der Waals surface area contributed by atoms with Gasteiger partial charge in [-0.15, -0.1) is 0 Å². The lowest BCUT2D eigenvalue weighted by Gasteiger charge is -2.39. The first-order chi connectivity index (χ1) is 9.83. The van der Waals surface area contributed by atoms with Crippen LogP contribution in [0, 0.1) is 5.82 Å². The molecule has 1 heterocycles. The maximum atomic E-state index is 13.6. The standard InChI is InChI=1S/C15H20FNO3S/c1-11-6-5-7-12(2)17(11)15(18)10-21(19,20)14-9-4-3-8-13(14)16/h3-4,8-9,11-12H,5-7,10H2,1-2H3. The van der Waals surface area contributed by atoms with Gasteiger partial charge >= 0.3 is 0 Å². The first kappa shape index (κ1) is 15.9. The molecule has 4 nitrogen and oxygen atoms in total. The molecule has 21 heavy (non-hydrogen) atoms. The SMILES string of the molecule is CC1CCCC(C)N1C(=O)CS(=O)(=O)c1ccccc1F. The van der Waals surface area contributed by atoms with Crippen LogP contribution in [0.3, 0.4) is 0 Å². The molecule has 2 atom stereocenters. The normalized spacial score (nSPS) is 23.1. The average molecular weight is 313 g/mol. The van der Waals surface area contributed by atoms with E-state index in [-0.39, 0.29) is 12.1 Å². The molecule has 0 spiro atoms. The number of carbonyl (C=O) groups excluding carboxylic acids is 1. The first-order valence-corrected chi connectivity index (χ1v) is 8.76. The van der Waals surface area contributed by atoms with Crippen LogP contribution in [0.1, 0.15) is 33.1 Å². The Morgan fingerprint density at radius 3 is 2.38 bits per heavy atom. The minimum absolute atomic E-state index is 0.0251. The van der Waals surface area contributed by atoms with E-state index in [1.54, 1.807) is 4.90 Å². The zero-order valence-corrected chi connectivity index (χ0v) is 13.1. The molecule has 2 rings (SSSR count). The Balaban J connectivity index is 2.20. The summed E-state index contributed by atoms with van der Waals surface area (Å²) in [5.41, 5.74) is 0. The molecule has 0 saturated carbocycles. The van der Waals surface area contributed by atoms with Crippen LogP contribution in [0.2, 0.25) is 0 Å². The van der Waals surface area contributed by atoms with E-state index in [9.17, 15) is 17.6 Å². The molecule has 1 aliphatic heterocycles. The quantitative estimate of drug-likeness (QED) is 0.861. The predicted octanol–water partition coefficient (Wildman–Crippen LogP) is 2.39. The number of hydrogen-bond acceptors (Lipinski definition) is 3. The van der Waals surface area contributed by atoms with Crippen molar-refractivity contribution in [3.63, 3.8) is 0 Å². The number of piperidine rings is 1. The van der Waals surface area contributed by atoms with Crippen LogP contribution < -0.4 is 0 Å². The van der Waals surface area contributed by atoms with Gasteiger partial charge in [0.05, 0.1) is 0 Å². The number of sulfone groups is 1. The van der Waals surface area contributed by atoms with E-state index in [1.165, 1.54) is 18.2 Å². The Morgan fingerprint density at radius 1 is 1.24 bits per heavy atom. The fraction of sp³-hybridized carbons (Fsp3) is 0.533. The summed E-state index contributed by atoms with van der Waals surface area (Å²) in [5.74, 6) is -1.94. The molecule has 1 saturated heterocycles. The molecule has 0 radical (unpaired) electrons. The van der Waals surface area contributed by atoms with E-state index in [1.807, 2.05) is 13.8 Å². The van der Waals surface area contributed by atoms with Gasteiger partial charge in [-0.05, 0) is 45.2 Å². The molecule has 0 bridgehead atoms. The summed E-state index contributed by atoms with van der Waals surface area (Å²) in [6.45, 7) is 3.84. The number of likely N-dealkylation sites (tertiary alicyclic amines) is 1. The van der Waals surface area contributed by atoms with Gasteiger partial charge in [-0.2, -0.15) is 0 Å². The highest BCUT2D eigenvalue weighted by molar-refractivity contribution is 7.92. The van der Waals surface area contributed by atoms with Crippen molar-refractivity contribution in [3.8, 4) is 0 Å². The zero-order chi connectivity index (χ0) is 15.6. The largest absolute Gasteiger partial charge is 0.336 e. The summed E-state index contributed by atoms with van der Waals surface area (Å²) in [4.78, 5) is 13.6. The van der Waals surface area contributed by atoms with Crippen molar-refractivity contribution in [3.05, 3.63) is 30.1 Å². The van der Waals surface area contributed by atoms with Gasteiger partial charge < -0.3 is 4.90 Å². The number of benzene rings is 1. The fourth-order valence-electron chi connectivity index (χ4n) is 2.92. The molecular formula is C15H20FNO3S. The van der Waals surface area contributed by atoms with Crippen molar-refractivity contribution in [2.24, 2.45) is 0 Å². The van der Waals surface area contributed by atoms with Crippen LogP contribution in [0.4, 0.5) is 4.39 Å². The van der Waals surface area contributed by atoms with Gasteiger partial charge in [0, 0.05) is 12.1 Å². The third-order valence-electron chi connectivity index (χ3n) is 3.97. The molecule has 1 fully saturated rings. The molecule has 6 heteroatoms. The van der Waals surface area contributed by atoms with Crippen LogP contribution in [-0.4, -0.2) is 37.1 Å². The smallest absolute Gasteiger partial charge is 0.238 e. The number of carbonyl (C=O) groups is 1. The Morgan fingerprint density at radius 2 is 1.81 bits per heavy atom. The highest BCUT2D eigenvalue weighted by Crippen LogP contribution is 2.24. The highest BCUT2D eigenvalue weighted by atomic mass is 32.2. The Hall–Kier alpha value is -1.43. The fourth-order valence-corrected chi connectivity index (χ4v) is 4.21. The number of halogens is 1. The van der Waals surface area contributed by atoms with Gasteiger partial charge in [-0.1, -0.05) is 12.1 Å². The van der Waals surface area contributed by atoms with Crippen LogP contribution in [-0.2, 0) is 14.6 Å². The Kier molecular flexibility index (Phi) is 4.66. The average Bonchev–Trinajstić information content (AvgIpc) is 2.38. The number of nitrogens with zero attached hydrogens (tertiary/aromatic N) is 1. The van der Waals surface area contributed by atoms with Crippen molar-refractivity contribution >= 4 is 15.7 Å². The van der Waals surface area contributed by atoms with Gasteiger partial charge in [0.2, 0.25) is 5.91 Å². The lowest BCUT2D eigenvalue weighted by molar-refractivity contribution is -0.134. The van der Waals surface area contributed by atoms with Crippen LogP contribution in [0.25, 0.3) is 0 Å². The molecule has 1 amide bonds. The van der Waals surface area contributed by atoms with Gasteiger partial charge in [0.25, 0.3) is 0 Å². The zero-order valence-electron chi connectivity index (χ0n) is 12.3. The second kappa shape index (κ2) is 6.13. The van der Waals surface area contributed by atoms with Crippen molar-refractivity contribution in [1.29, 1.82) is 0 Å². The monoisotopic (exact) mass is 313 g/mol. The van der Waals surface area contributed by atoms with E-state index in [4.69, 9.17) is 0 Å². The van der Waals surface area contributed by atoms with Gasteiger partial charge in [0.15, 0.2) is 9.84 Å². The Labute approximate surface area is 124 Å². The van der Waals surface area contributed by atoms with E-state index in [0.717, 1.165) is 25.3 Å². The van der Waals surface area contributed by atoms with Crippen molar-refractivity contribution in [1.82, 2.24) is 4.90 Å². The van der Waals surface area contributed by atoms with Gasteiger partial charge in [0.1, 0.15) is 16.5 Å². The van der Waals surface area contributed by atoms with E-state index in [2.05, 4.69) is 0 Å². The third-order valence-corrected chi connectivity index (χ3v) is 5.59. The summed E-state index contributed by atoms with van der Waals surface area (Å²) in [6, 6.07) is 5.20. The van der Waals surface area contributed by atoms with Gasteiger partial charge in [-0.25, -0.2) is 12.8 Å². The van der Waals surface area contributed by atoms with Crippen molar-refractivity contribution in [2.45, 2.75) is 50.1 Å². The summed E-state index contributed by atoms with van der Waals surface area (Å²) < 4.78 is 38.1. The first-order valence-electron chi connectivity index (χ1n) is 7.11. The molecule has 1 aliphatic rings. The second-order valence-electron chi connectivity index (χ2n) is 5.62. The second-order valence-corrected chi connectivity index (χ2v) is 7.58. The van der Waals surface area contributed by atoms with Crippen LogP contribution >= 0.6 is 0 Å².